The molecule has 0 bridgehead atoms. The zero-order chi connectivity index (χ0) is 14.5. The molecule has 20 heavy (non-hydrogen) atoms. The highest BCUT2D eigenvalue weighted by atomic mass is 35.5. The second-order valence-corrected chi connectivity index (χ2v) is 3.95. The summed E-state index contributed by atoms with van der Waals surface area (Å²) in [7, 11) is 0. The number of nitrogens with one attached hydrogen (secondary N) is 1. The van der Waals surface area contributed by atoms with Crippen LogP contribution < -0.4 is 11.1 Å². The molecular formula is C12H14ClF3N2O2. The van der Waals surface area contributed by atoms with Crippen LogP contribution in [-0.2, 0) is 11.2 Å². The Morgan fingerprint density at radius 1 is 1.15 bits per heavy atom. The second kappa shape index (κ2) is 7.74. The van der Waals surface area contributed by atoms with Crippen molar-refractivity contribution < 1.29 is 22.8 Å². The van der Waals surface area contributed by atoms with Gasteiger partial charge in [0, 0.05) is 12.1 Å². The molecule has 0 aliphatic rings. The number of primary amides is 1. The Kier molecular flexibility index (Phi) is 7.06. The Hall–Kier alpha value is -1.76. The summed E-state index contributed by atoms with van der Waals surface area (Å²) in [6, 6.07) is 5.98. The van der Waals surface area contributed by atoms with E-state index in [1.807, 2.05) is 0 Å². The van der Waals surface area contributed by atoms with Crippen LogP contribution in [0.2, 0.25) is 0 Å². The van der Waals surface area contributed by atoms with Crippen LogP contribution in [0.3, 0.4) is 0 Å². The quantitative estimate of drug-likeness (QED) is 0.870. The number of hydrogen-bond donors (Lipinski definition) is 2. The summed E-state index contributed by atoms with van der Waals surface area (Å²) in [5.41, 5.74) is 5.95. The predicted octanol–water partition coefficient (Wildman–Crippen LogP) is 1.82. The van der Waals surface area contributed by atoms with Gasteiger partial charge in [0.15, 0.2) is 0 Å². The maximum atomic E-state index is 11.9. The van der Waals surface area contributed by atoms with Gasteiger partial charge in [-0.15, -0.1) is 12.4 Å². The Morgan fingerprint density at radius 2 is 1.70 bits per heavy atom. The summed E-state index contributed by atoms with van der Waals surface area (Å²) in [6.45, 7) is -0.443. The molecule has 2 amide bonds. The molecule has 0 unspecified atom stereocenters. The maximum Gasteiger partial charge on any atom is 0.390 e. The highest BCUT2D eigenvalue weighted by Gasteiger charge is 2.26. The summed E-state index contributed by atoms with van der Waals surface area (Å²) >= 11 is 0. The van der Waals surface area contributed by atoms with E-state index in [0.717, 1.165) is 0 Å². The monoisotopic (exact) mass is 310 g/mol. The van der Waals surface area contributed by atoms with E-state index in [-0.39, 0.29) is 18.8 Å². The number of nitrogens with two attached hydrogens (primary N) is 1. The molecule has 0 saturated heterocycles. The lowest BCUT2D eigenvalue weighted by atomic mass is 10.1. The van der Waals surface area contributed by atoms with Crippen LogP contribution in [0.4, 0.5) is 13.2 Å². The summed E-state index contributed by atoms with van der Waals surface area (Å²) in [5, 5.41) is 2.17. The van der Waals surface area contributed by atoms with Crippen molar-refractivity contribution in [1.82, 2.24) is 5.32 Å². The average Bonchev–Trinajstić information content (AvgIpc) is 2.27. The molecule has 0 fully saturated rings. The smallest absolute Gasteiger partial charge is 0.366 e. The first-order chi connectivity index (χ1) is 8.78. The summed E-state index contributed by atoms with van der Waals surface area (Å²) in [4.78, 5) is 22.2. The molecule has 0 aromatic heterocycles. The van der Waals surface area contributed by atoms with Crippen LogP contribution >= 0.6 is 12.4 Å². The Morgan fingerprint density at radius 3 is 2.15 bits per heavy atom. The molecule has 0 aliphatic carbocycles. The standard InChI is InChI=1S/C12H13F3N2O2.ClH/c13-12(14,15)5-6-17-10(18)7-8-1-3-9(4-2-8)11(16)19;/h1-4H,5-7H2,(H2,16,19)(H,17,18);1H. The molecule has 0 spiro atoms. The van der Waals surface area contributed by atoms with E-state index in [9.17, 15) is 22.8 Å². The number of carbonyl (C=O) groups excluding carboxylic acids is 2. The molecule has 0 aliphatic heterocycles. The Bertz CT molecular complexity index is 461. The van der Waals surface area contributed by atoms with Crippen LogP contribution in [0.5, 0.6) is 0 Å². The van der Waals surface area contributed by atoms with Gasteiger partial charge < -0.3 is 11.1 Å². The highest BCUT2D eigenvalue weighted by molar-refractivity contribution is 5.92. The zero-order valence-corrected chi connectivity index (χ0v) is 11.2. The van der Waals surface area contributed by atoms with E-state index in [4.69, 9.17) is 5.73 Å². The van der Waals surface area contributed by atoms with Gasteiger partial charge >= 0.3 is 6.18 Å². The van der Waals surface area contributed by atoms with Gasteiger partial charge in [0.25, 0.3) is 0 Å². The fourth-order valence-corrected chi connectivity index (χ4v) is 1.38. The lowest BCUT2D eigenvalue weighted by molar-refractivity contribution is -0.135. The third-order valence-corrected chi connectivity index (χ3v) is 2.33. The lowest BCUT2D eigenvalue weighted by Gasteiger charge is -2.08. The van der Waals surface area contributed by atoms with Crippen molar-refractivity contribution in [3.63, 3.8) is 0 Å². The minimum atomic E-state index is -4.28. The van der Waals surface area contributed by atoms with Crippen molar-refractivity contribution in [2.24, 2.45) is 5.73 Å². The van der Waals surface area contributed by atoms with Crippen LogP contribution in [0.1, 0.15) is 22.3 Å². The van der Waals surface area contributed by atoms with E-state index in [1.54, 1.807) is 0 Å². The molecule has 0 radical (unpaired) electrons. The average molecular weight is 311 g/mol. The van der Waals surface area contributed by atoms with Crippen molar-refractivity contribution in [1.29, 1.82) is 0 Å². The second-order valence-electron chi connectivity index (χ2n) is 3.95. The van der Waals surface area contributed by atoms with E-state index in [0.29, 0.717) is 11.1 Å². The van der Waals surface area contributed by atoms with Gasteiger partial charge in [0.05, 0.1) is 12.8 Å². The first-order valence-electron chi connectivity index (χ1n) is 5.50. The number of halogens is 4. The number of amides is 2. The fourth-order valence-electron chi connectivity index (χ4n) is 1.38. The SMILES string of the molecule is Cl.NC(=O)c1ccc(CC(=O)NCCC(F)(F)F)cc1. The number of alkyl halides is 3. The zero-order valence-electron chi connectivity index (χ0n) is 10.4. The van der Waals surface area contributed by atoms with Crippen molar-refractivity contribution in [3.8, 4) is 0 Å². The number of carbonyl (C=O) groups is 2. The molecule has 0 heterocycles. The topological polar surface area (TPSA) is 72.2 Å². The van der Waals surface area contributed by atoms with Crippen molar-refractivity contribution in [2.45, 2.75) is 19.0 Å². The van der Waals surface area contributed by atoms with Gasteiger partial charge in [0.2, 0.25) is 11.8 Å². The number of hydrogen-bond acceptors (Lipinski definition) is 2. The number of benzene rings is 1. The van der Waals surface area contributed by atoms with Crippen LogP contribution in [0.25, 0.3) is 0 Å². The van der Waals surface area contributed by atoms with Crippen LogP contribution in [0.15, 0.2) is 24.3 Å². The third-order valence-electron chi connectivity index (χ3n) is 2.33. The maximum absolute atomic E-state index is 11.9. The molecule has 0 atom stereocenters. The highest BCUT2D eigenvalue weighted by Crippen LogP contribution is 2.18. The molecule has 0 saturated carbocycles. The van der Waals surface area contributed by atoms with Gasteiger partial charge in [-0.3, -0.25) is 9.59 Å². The molecule has 1 rings (SSSR count). The third kappa shape index (κ3) is 6.98. The van der Waals surface area contributed by atoms with E-state index in [1.165, 1.54) is 24.3 Å². The first kappa shape index (κ1) is 18.2. The van der Waals surface area contributed by atoms with Crippen molar-refractivity contribution in [3.05, 3.63) is 35.4 Å². The minimum absolute atomic E-state index is 0. The first-order valence-corrected chi connectivity index (χ1v) is 5.50. The van der Waals surface area contributed by atoms with E-state index < -0.39 is 31.0 Å². The lowest BCUT2D eigenvalue weighted by Crippen LogP contribution is -2.29. The molecule has 112 valence electrons. The molecule has 1 aromatic carbocycles. The minimum Gasteiger partial charge on any atom is -0.366 e. The van der Waals surface area contributed by atoms with Gasteiger partial charge in [-0.05, 0) is 17.7 Å². The van der Waals surface area contributed by atoms with Gasteiger partial charge in [-0.2, -0.15) is 13.2 Å². The predicted molar refractivity (Wildman–Crippen MR) is 69.6 cm³/mol. The van der Waals surface area contributed by atoms with Crippen molar-refractivity contribution >= 4 is 24.2 Å². The molecular weight excluding hydrogens is 297 g/mol. The number of rotatable bonds is 5. The van der Waals surface area contributed by atoms with Gasteiger partial charge in [-0.1, -0.05) is 12.1 Å². The van der Waals surface area contributed by atoms with E-state index in [2.05, 4.69) is 5.32 Å². The molecule has 3 N–H and O–H groups in total. The largest absolute Gasteiger partial charge is 0.390 e. The summed E-state index contributed by atoms with van der Waals surface area (Å²) in [5.74, 6) is -1.09. The van der Waals surface area contributed by atoms with E-state index >= 15 is 0 Å². The molecule has 8 heteroatoms. The fraction of sp³-hybridized carbons (Fsp3) is 0.333. The molecule has 4 nitrogen and oxygen atoms in total. The van der Waals surface area contributed by atoms with Crippen LogP contribution in [0, 0.1) is 0 Å². The Labute approximate surface area is 119 Å². The molecule has 1 aromatic rings. The van der Waals surface area contributed by atoms with Crippen molar-refractivity contribution in [2.75, 3.05) is 6.54 Å². The normalized spacial score (nSPS) is 10.6. The Balaban J connectivity index is 0.00000361. The van der Waals surface area contributed by atoms with Gasteiger partial charge in [0.1, 0.15) is 0 Å². The summed E-state index contributed by atoms with van der Waals surface area (Å²) in [6.07, 6.45) is -5.38. The van der Waals surface area contributed by atoms with Gasteiger partial charge in [-0.25, -0.2) is 0 Å². The van der Waals surface area contributed by atoms with Crippen LogP contribution in [-0.4, -0.2) is 24.5 Å². The summed E-state index contributed by atoms with van der Waals surface area (Å²) < 4.78 is 35.6.